The van der Waals surface area contributed by atoms with Crippen LogP contribution in [0, 0.1) is 5.92 Å². The molecular formula is C9H16N2O3. The molecule has 0 heterocycles. The number of carboxylic acid groups (broad SMARTS) is 1. The third-order valence-corrected chi connectivity index (χ3v) is 2.54. The standard InChI is InChI=1S/C9H16N2O3/c1-5(10)8(12)11-7-3-2-6(4-7)9(13)14/h5-7H,2-4,10H2,1H3,(H,11,12)(H,13,14)/t5-,6?,7?/m1/s1. The van der Waals surface area contributed by atoms with Crippen molar-refractivity contribution in [2.45, 2.75) is 38.3 Å². The highest BCUT2D eigenvalue weighted by atomic mass is 16.4. The van der Waals surface area contributed by atoms with Crippen LogP contribution in [0.5, 0.6) is 0 Å². The lowest BCUT2D eigenvalue weighted by atomic mass is 10.1. The van der Waals surface area contributed by atoms with Crippen molar-refractivity contribution in [1.29, 1.82) is 0 Å². The molecule has 1 saturated carbocycles. The van der Waals surface area contributed by atoms with E-state index in [1.54, 1.807) is 6.92 Å². The molecule has 0 bridgehead atoms. The Labute approximate surface area is 82.7 Å². The zero-order valence-electron chi connectivity index (χ0n) is 8.19. The smallest absolute Gasteiger partial charge is 0.306 e. The molecule has 5 heteroatoms. The van der Waals surface area contributed by atoms with Gasteiger partial charge in [-0.05, 0) is 26.2 Å². The normalized spacial score (nSPS) is 28.4. The molecule has 4 N–H and O–H groups in total. The summed E-state index contributed by atoms with van der Waals surface area (Å²) in [7, 11) is 0. The molecule has 5 nitrogen and oxygen atoms in total. The van der Waals surface area contributed by atoms with Gasteiger partial charge in [0.1, 0.15) is 0 Å². The Morgan fingerprint density at radius 1 is 1.50 bits per heavy atom. The molecule has 14 heavy (non-hydrogen) atoms. The van der Waals surface area contributed by atoms with E-state index in [0.29, 0.717) is 12.8 Å². The molecule has 0 saturated heterocycles. The quantitative estimate of drug-likeness (QED) is 0.583. The molecule has 1 amide bonds. The minimum atomic E-state index is -0.775. The van der Waals surface area contributed by atoms with Gasteiger partial charge in [-0.15, -0.1) is 0 Å². The second kappa shape index (κ2) is 4.41. The Bertz CT molecular complexity index is 240. The predicted octanol–water partition coefficient (Wildman–Crippen LogP) is -0.297. The van der Waals surface area contributed by atoms with E-state index in [1.165, 1.54) is 0 Å². The van der Waals surface area contributed by atoms with E-state index in [2.05, 4.69) is 5.32 Å². The lowest BCUT2D eigenvalue weighted by Gasteiger charge is -2.13. The number of aliphatic carboxylic acids is 1. The number of rotatable bonds is 3. The van der Waals surface area contributed by atoms with Crippen LogP contribution in [0.4, 0.5) is 0 Å². The van der Waals surface area contributed by atoms with E-state index in [9.17, 15) is 9.59 Å². The molecule has 1 fully saturated rings. The first kappa shape index (κ1) is 11.0. The van der Waals surface area contributed by atoms with Gasteiger partial charge in [-0.3, -0.25) is 9.59 Å². The van der Waals surface area contributed by atoms with E-state index in [4.69, 9.17) is 10.8 Å². The Balaban J connectivity index is 2.36. The Kier molecular flexibility index (Phi) is 3.46. The van der Waals surface area contributed by atoms with Gasteiger partial charge in [-0.25, -0.2) is 0 Å². The number of carbonyl (C=O) groups excluding carboxylic acids is 1. The van der Waals surface area contributed by atoms with Crippen LogP contribution in [0.3, 0.4) is 0 Å². The number of hydrogen-bond donors (Lipinski definition) is 3. The molecule has 2 unspecified atom stereocenters. The summed E-state index contributed by atoms with van der Waals surface area (Å²) in [6.45, 7) is 1.61. The fourth-order valence-corrected chi connectivity index (χ4v) is 1.67. The highest BCUT2D eigenvalue weighted by Crippen LogP contribution is 2.25. The number of carboxylic acids is 1. The maximum atomic E-state index is 11.2. The molecule has 0 aliphatic heterocycles. The summed E-state index contributed by atoms with van der Waals surface area (Å²) in [6.07, 6.45) is 1.89. The molecule has 0 aromatic rings. The average Bonchev–Trinajstić information content (AvgIpc) is 2.52. The predicted molar refractivity (Wildman–Crippen MR) is 50.6 cm³/mol. The summed E-state index contributed by atoms with van der Waals surface area (Å²) in [4.78, 5) is 21.8. The Morgan fingerprint density at radius 3 is 2.57 bits per heavy atom. The van der Waals surface area contributed by atoms with E-state index in [1.807, 2.05) is 0 Å². The number of carbonyl (C=O) groups is 2. The van der Waals surface area contributed by atoms with Crippen molar-refractivity contribution in [1.82, 2.24) is 5.32 Å². The summed E-state index contributed by atoms with van der Waals surface area (Å²) in [5.74, 6) is -1.29. The third-order valence-electron chi connectivity index (χ3n) is 2.54. The van der Waals surface area contributed by atoms with Crippen LogP contribution in [-0.2, 0) is 9.59 Å². The van der Waals surface area contributed by atoms with Gasteiger partial charge in [0.25, 0.3) is 0 Å². The molecule has 0 aromatic heterocycles. The minimum Gasteiger partial charge on any atom is -0.481 e. The fourth-order valence-electron chi connectivity index (χ4n) is 1.67. The third kappa shape index (κ3) is 2.70. The van der Waals surface area contributed by atoms with E-state index < -0.39 is 12.0 Å². The summed E-state index contributed by atoms with van der Waals surface area (Å²) in [5, 5.41) is 11.5. The van der Waals surface area contributed by atoms with Crippen molar-refractivity contribution in [2.24, 2.45) is 11.7 Å². The molecule has 80 valence electrons. The number of amides is 1. The van der Waals surface area contributed by atoms with Gasteiger partial charge >= 0.3 is 5.97 Å². The second-order valence-electron chi connectivity index (χ2n) is 3.84. The summed E-state index contributed by atoms with van der Waals surface area (Å²) in [5.41, 5.74) is 5.38. The number of hydrogen-bond acceptors (Lipinski definition) is 3. The molecule has 1 aliphatic carbocycles. The SMILES string of the molecule is C[C@@H](N)C(=O)NC1CCC(C(=O)O)C1. The maximum Gasteiger partial charge on any atom is 0.306 e. The molecule has 0 aromatic carbocycles. The van der Waals surface area contributed by atoms with Crippen LogP contribution in [0.2, 0.25) is 0 Å². The van der Waals surface area contributed by atoms with E-state index in [-0.39, 0.29) is 17.9 Å². The van der Waals surface area contributed by atoms with Crippen LogP contribution >= 0.6 is 0 Å². The molecular weight excluding hydrogens is 184 g/mol. The van der Waals surface area contributed by atoms with Crippen LogP contribution in [0.1, 0.15) is 26.2 Å². The highest BCUT2D eigenvalue weighted by molar-refractivity contribution is 5.81. The first-order valence-corrected chi connectivity index (χ1v) is 4.79. The summed E-state index contributed by atoms with van der Waals surface area (Å²) >= 11 is 0. The average molecular weight is 200 g/mol. The van der Waals surface area contributed by atoms with E-state index in [0.717, 1.165) is 6.42 Å². The largest absolute Gasteiger partial charge is 0.481 e. The van der Waals surface area contributed by atoms with Crippen LogP contribution < -0.4 is 11.1 Å². The second-order valence-corrected chi connectivity index (χ2v) is 3.84. The van der Waals surface area contributed by atoms with E-state index >= 15 is 0 Å². The lowest BCUT2D eigenvalue weighted by molar-refractivity contribution is -0.141. The fraction of sp³-hybridized carbons (Fsp3) is 0.778. The monoisotopic (exact) mass is 200 g/mol. The first-order valence-electron chi connectivity index (χ1n) is 4.79. The Hall–Kier alpha value is -1.10. The minimum absolute atomic E-state index is 0.0189. The molecule has 1 rings (SSSR count). The van der Waals surface area contributed by atoms with Crippen molar-refractivity contribution in [2.75, 3.05) is 0 Å². The lowest BCUT2D eigenvalue weighted by Crippen LogP contribution is -2.43. The zero-order chi connectivity index (χ0) is 10.7. The van der Waals surface area contributed by atoms with Crippen LogP contribution in [0.15, 0.2) is 0 Å². The van der Waals surface area contributed by atoms with Crippen molar-refractivity contribution >= 4 is 11.9 Å². The van der Waals surface area contributed by atoms with Crippen molar-refractivity contribution in [3.8, 4) is 0 Å². The highest BCUT2D eigenvalue weighted by Gasteiger charge is 2.30. The number of nitrogens with one attached hydrogen (secondary N) is 1. The number of nitrogens with two attached hydrogens (primary N) is 1. The van der Waals surface area contributed by atoms with Gasteiger partial charge in [-0.2, -0.15) is 0 Å². The molecule has 1 aliphatic rings. The van der Waals surface area contributed by atoms with Crippen molar-refractivity contribution in [3.05, 3.63) is 0 Å². The van der Waals surface area contributed by atoms with Crippen LogP contribution in [0.25, 0.3) is 0 Å². The van der Waals surface area contributed by atoms with Gasteiger partial charge in [0.05, 0.1) is 12.0 Å². The zero-order valence-corrected chi connectivity index (χ0v) is 8.19. The van der Waals surface area contributed by atoms with Crippen molar-refractivity contribution in [3.63, 3.8) is 0 Å². The Morgan fingerprint density at radius 2 is 2.14 bits per heavy atom. The maximum absolute atomic E-state index is 11.2. The molecule has 0 radical (unpaired) electrons. The van der Waals surface area contributed by atoms with Crippen molar-refractivity contribution < 1.29 is 14.7 Å². The summed E-state index contributed by atoms with van der Waals surface area (Å²) in [6, 6.07) is -0.548. The first-order chi connectivity index (χ1) is 6.50. The van der Waals surface area contributed by atoms with Gasteiger partial charge in [0.2, 0.25) is 5.91 Å². The van der Waals surface area contributed by atoms with Gasteiger partial charge in [0.15, 0.2) is 0 Å². The topological polar surface area (TPSA) is 92.4 Å². The molecule has 3 atom stereocenters. The van der Waals surface area contributed by atoms with Crippen LogP contribution in [-0.4, -0.2) is 29.1 Å². The van der Waals surface area contributed by atoms with Gasteiger partial charge < -0.3 is 16.2 Å². The molecule has 0 spiro atoms. The van der Waals surface area contributed by atoms with Gasteiger partial charge in [0, 0.05) is 6.04 Å². The summed E-state index contributed by atoms with van der Waals surface area (Å²) < 4.78 is 0. The van der Waals surface area contributed by atoms with Gasteiger partial charge in [-0.1, -0.05) is 0 Å².